The average Bonchev–Trinajstić information content (AvgIpc) is 2.25. The van der Waals surface area contributed by atoms with E-state index < -0.39 is 6.36 Å². The molecule has 0 unspecified atom stereocenters. The fourth-order valence-electron chi connectivity index (χ4n) is 1.44. The summed E-state index contributed by atoms with van der Waals surface area (Å²) in [6, 6.07) is 4.76. The standard InChI is InChI=1S/C11H11Cl2F3O/c12-6-2-5-8-3-1-4-9(7-13)10(8)17-11(14,15)16/h1,3-4H,2,5-7H2. The average molecular weight is 287 g/mol. The van der Waals surface area contributed by atoms with Crippen LogP contribution in [-0.4, -0.2) is 12.2 Å². The van der Waals surface area contributed by atoms with Crippen molar-refractivity contribution in [3.63, 3.8) is 0 Å². The van der Waals surface area contributed by atoms with Crippen molar-refractivity contribution in [2.24, 2.45) is 0 Å². The van der Waals surface area contributed by atoms with Crippen LogP contribution in [0, 0.1) is 0 Å². The fourth-order valence-corrected chi connectivity index (χ4v) is 1.79. The lowest BCUT2D eigenvalue weighted by Crippen LogP contribution is -2.19. The first-order valence-electron chi connectivity index (χ1n) is 4.96. The molecular formula is C11H11Cl2F3O. The fraction of sp³-hybridized carbons (Fsp3) is 0.455. The molecule has 1 rings (SSSR count). The van der Waals surface area contributed by atoms with E-state index in [0.717, 1.165) is 0 Å². The summed E-state index contributed by atoms with van der Waals surface area (Å²) in [4.78, 5) is 0. The molecule has 1 nitrogen and oxygen atoms in total. The summed E-state index contributed by atoms with van der Waals surface area (Å²) in [5.74, 6) is 0.163. The zero-order chi connectivity index (χ0) is 12.9. The molecule has 17 heavy (non-hydrogen) atoms. The van der Waals surface area contributed by atoms with Crippen LogP contribution in [0.4, 0.5) is 13.2 Å². The molecule has 96 valence electrons. The number of alkyl halides is 5. The Balaban J connectivity index is 3.02. The monoisotopic (exact) mass is 286 g/mol. The van der Waals surface area contributed by atoms with Crippen molar-refractivity contribution in [1.29, 1.82) is 0 Å². The molecule has 0 saturated heterocycles. The van der Waals surface area contributed by atoms with E-state index in [0.29, 0.717) is 29.8 Å². The molecular weight excluding hydrogens is 276 g/mol. The predicted octanol–water partition coefficient (Wildman–Crippen LogP) is 4.50. The van der Waals surface area contributed by atoms with Crippen molar-refractivity contribution in [1.82, 2.24) is 0 Å². The van der Waals surface area contributed by atoms with Crippen LogP contribution in [0.15, 0.2) is 18.2 Å². The van der Waals surface area contributed by atoms with Crippen LogP contribution in [0.25, 0.3) is 0 Å². The van der Waals surface area contributed by atoms with Crippen molar-refractivity contribution in [3.8, 4) is 5.75 Å². The summed E-state index contributed by atoms with van der Waals surface area (Å²) < 4.78 is 40.8. The van der Waals surface area contributed by atoms with Crippen LogP contribution in [0.5, 0.6) is 5.75 Å². The van der Waals surface area contributed by atoms with Crippen LogP contribution in [-0.2, 0) is 12.3 Å². The van der Waals surface area contributed by atoms with Gasteiger partial charge in [-0.25, -0.2) is 0 Å². The van der Waals surface area contributed by atoms with E-state index in [-0.39, 0.29) is 11.6 Å². The zero-order valence-corrected chi connectivity index (χ0v) is 10.4. The molecule has 0 bridgehead atoms. The van der Waals surface area contributed by atoms with Crippen molar-refractivity contribution in [2.45, 2.75) is 25.1 Å². The summed E-state index contributed by atoms with van der Waals surface area (Å²) in [5, 5.41) is 0. The number of hydrogen-bond donors (Lipinski definition) is 0. The molecule has 0 radical (unpaired) electrons. The molecule has 0 amide bonds. The number of benzene rings is 1. The first kappa shape index (κ1) is 14.5. The van der Waals surface area contributed by atoms with Gasteiger partial charge in [-0.3, -0.25) is 0 Å². The first-order chi connectivity index (χ1) is 7.98. The number of ether oxygens (including phenoxy) is 1. The highest BCUT2D eigenvalue weighted by atomic mass is 35.5. The molecule has 1 aromatic rings. The molecule has 0 fully saturated rings. The topological polar surface area (TPSA) is 9.23 Å². The van der Waals surface area contributed by atoms with Crippen molar-refractivity contribution >= 4 is 23.2 Å². The molecule has 0 atom stereocenters. The normalized spacial score (nSPS) is 11.6. The van der Waals surface area contributed by atoms with Crippen LogP contribution in [0.1, 0.15) is 17.5 Å². The molecule has 0 aliphatic heterocycles. The van der Waals surface area contributed by atoms with Crippen LogP contribution < -0.4 is 4.74 Å². The largest absolute Gasteiger partial charge is 0.573 e. The Bertz CT molecular complexity index is 366. The van der Waals surface area contributed by atoms with E-state index in [1.807, 2.05) is 0 Å². The second kappa shape index (κ2) is 6.36. The van der Waals surface area contributed by atoms with Crippen molar-refractivity contribution < 1.29 is 17.9 Å². The van der Waals surface area contributed by atoms with Crippen LogP contribution >= 0.6 is 23.2 Å². The Morgan fingerprint density at radius 2 is 1.76 bits per heavy atom. The van der Waals surface area contributed by atoms with Gasteiger partial charge in [0, 0.05) is 11.4 Å². The van der Waals surface area contributed by atoms with E-state index in [1.54, 1.807) is 12.1 Å². The molecule has 0 spiro atoms. The van der Waals surface area contributed by atoms with Gasteiger partial charge < -0.3 is 4.74 Å². The minimum atomic E-state index is -4.71. The molecule has 0 N–H and O–H groups in total. The maximum absolute atomic E-state index is 12.3. The smallest absolute Gasteiger partial charge is 0.405 e. The third kappa shape index (κ3) is 4.64. The van der Waals surface area contributed by atoms with Gasteiger partial charge >= 0.3 is 6.36 Å². The SMILES string of the molecule is FC(F)(F)Oc1c(CCl)cccc1CCCCl. The highest BCUT2D eigenvalue weighted by Crippen LogP contribution is 2.32. The van der Waals surface area contributed by atoms with E-state index in [2.05, 4.69) is 4.74 Å². The Kier molecular flexibility index (Phi) is 5.40. The summed E-state index contributed by atoms with van der Waals surface area (Å²) in [6.45, 7) is 0. The minimum absolute atomic E-state index is 0.0277. The predicted molar refractivity (Wildman–Crippen MR) is 61.7 cm³/mol. The summed E-state index contributed by atoms with van der Waals surface area (Å²) in [5.41, 5.74) is 0.803. The Hall–Kier alpha value is -0.610. The molecule has 6 heteroatoms. The van der Waals surface area contributed by atoms with Gasteiger partial charge in [-0.2, -0.15) is 0 Å². The molecule has 0 heterocycles. The summed E-state index contributed by atoms with van der Waals surface area (Å²) in [7, 11) is 0. The third-order valence-corrected chi connectivity index (χ3v) is 2.67. The maximum atomic E-state index is 12.3. The van der Waals surface area contributed by atoms with Gasteiger partial charge in [0.15, 0.2) is 0 Å². The minimum Gasteiger partial charge on any atom is -0.405 e. The van der Waals surface area contributed by atoms with E-state index in [4.69, 9.17) is 23.2 Å². The maximum Gasteiger partial charge on any atom is 0.573 e. The van der Waals surface area contributed by atoms with Gasteiger partial charge in [-0.15, -0.1) is 36.4 Å². The van der Waals surface area contributed by atoms with Gasteiger partial charge in [-0.05, 0) is 18.4 Å². The van der Waals surface area contributed by atoms with Crippen molar-refractivity contribution in [3.05, 3.63) is 29.3 Å². The van der Waals surface area contributed by atoms with Gasteiger partial charge in [0.25, 0.3) is 0 Å². The Labute approximate surface area is 107 Å². The molecule has 1 aromatic carbocycles. The highest BCUT2D eigenvalue weighted by molar-refractivity contribution is 6.17. The highest BCUT2D eigenvalue weighted by Gasteiger charge is 2.33. The Morgan fingerprint density at radius 3 is 2.29 bits per heavy atom. The van der Waals surface area contributed by atoms with Gasteiger partial charge in [0.05, 0.1) is 5.88 Å². The lowest BCUT2D eigenvalue weighted by atomic mass is 10.1. The lowest BCUT2D eigenvalue weighted by molar-refractivity contribution is -0.275. The lowest BCUT2D eigenvalue weighted by Gasteiger charge is -2.16. The van der Waals surface area contributed by atoms with E-state index in [1.165, 1.54) is 6.07 Å². The number of hydrogen-bond acceptors (Lipinski definition) is 1. The van der Waals surface area contributed by atoms with Crippen LogP contribution in [0.2, 0.25) is 0 Å². The van der Waals surface area contributed by atoms with Gasteiger partial charge in [-0.1, -0.05) is 18.2 Å². The number of para-hydroxylation sites is 1. The summed E-state index contributed by atoms with van der Waals surface area (Å²) in [6.07, 6.45) is -3.70. The zero-order valence-electron chi connectivity index (χ0n) is 8.86. The van der Waals surface area contributed by atoms with E-state index >= 15 is 0 Å². The quantitative estimate of drug-likeness (QED) is 0.725. The number of halogens is 5. The molecule has 0 aliphatic rings. The van der Waals surface area contributed by atoms with Crippen LogP contribution in [0.3, 0.4) is 0 Å². The second-order valence-corrected chi connectivity index (χ2v) is 4.02. The summed E-state index contributed by atoms with van der Waals surface area (Å²) >= 11 is 11.1. The second-order valence-electron chi connectivity index (χ2n) is 3.38. The van der Waals surface area contributed by atoms with Gasteiger partial charge in [0.2, 0.25) is 0 Å². The molecule has 0 aromatic heterocycles. The molecule has 0 aliphatic carbocycles. The molecule has 0 saturated carbocycles. The Morgan fingerprint density at radius 1 is 1.12 bits per heavy atom. The number of aryl methyl sites for hydroxylation is 1. The first-order valence-corrected chi connectivity index (χ1v) is 6.03. The van der Waals surface area contributed by atoms with Crippen molar-refractivity contribution in [2.75, 3.05) is 5.88 Å². The van der Waals surface area contributed by atoms with Gasteiger partial charge in [0.1, 0.15) is 5.75 Å². The third-order valence-electron chi connectivity index (χ3n) is 2.12. The number of rotatable bonds is 5. The van der Waals surface area contributed by atoms with E-state index in [9.17, 15) is 13.2 Å².